The second-order valence-electron chi connectivity index (χ2n) is 13.6. The van der Waals surface area contributed by atoms with Crippen molar-refractivity contribution in [2.45, 2.75) is 126 Å². The predicted molar refractivity (Wildman–Crippen MR) is 133 cm³/mol. The lowest BCUT2D eigenvalue weighted by molar-refractivity contribution is -0.0962. The molecule has 176 valence electrons. The van der Waals surface area contributed by atoms with Crippen LogP contribution in [0.3, 0.4) is 0 Å². The highest BCUT2D eigenvalue weighted by atomic mass is 16.3. The number of hydrogen-bond donors (Lipinski definition) is 1. The zero-order valence-corrected chi connectivity index (χ0v) is 21.9. The molecule has 1 nitrogen and oxygen atoms in total. The lowest BCUT2D eigenvalue weighted by Crippen LogP contribution is -2.55. The van der Waals surface area contributed by atoms with Crippen molar-refractivity contribution >= 4 is 0 Å². The Morgan fingerprint density at radius 2 is 1.68 bits per heavy atom. The van der Waals surface area contributed by atoms with Crippen LogP contribution in [0.25, 0.3) is 0 Å². The minimum absolute atomic E-state index is 0.0465. The van der Waals surface area contributed by atoms with Gasteiger partial charge in [-0.05, 0) is 117 Å². The molecule has 0 aromatic heterocycles. The first kappa shape index (κ1) is 23.6. The summed E-state index contributed by atoms with van der Waals surface area (Å²) in [6.45, 7) is 19.6. The van der Waals surface area contributed by atoms with E-state index < -0.39 is 0 Å². The number of allylic oxidation sites excluding steroid dienone is 4. The van der Waals surface area contributed by atoms with Gasteiger partial charge in [0.25, 0.3) is 0 Å². The van der Waals surface area contributed by atoms with Crippen LogP contribution >= 0.6 is 0 Å². The molecule has 7 atom stereocenters. The molecule has 0 aromatic rings. The highest BCUT2D eigenvalue weighted by Crippen LogP contribution is 2.72. The molecule has 0 amide bonds. The summed E-state index contributed by atoms with van der Waals surface area (Å²) in [5.74, 6) is 2.32. The van der Waals surface area contributed by atoms with E-state index in [1.165, 1.54) is 63.4 Å². The Bertz CT molecular complexity index is 767. The van der Waals surface area contributed by atoms with Crippen LogP contribution in [0.5, 0.6) is 0 Å². The molecular weight excluding hydrogens is 376 g/mol. The van der Waals surface area contributed by atoms with Crippen LogP contribution in [0.1, 0.15) is 120 Å². The second-order valence-corrected chi connectivity index (χ2v) is 13.6. The maximum Gasteiger partial charge on any atom is 0.0594 e. The van der Waals surface area contributed by atoms with Crippen molar-refractivity contribution < 1.29 is 5.11 Å². The van der Waals surface area contributed by atoms with Gasteiger partial charge in [0.05, 0.1) is 6.10 Å². The van der Waals surface area contributed by atoms with E-state index in [9.17, 15) is 5.11 Å². The normalized spacial score (nSPS) is 44.9. The Morgan fingerprint density at radius 1 is 0.968 bits per heavy atom. The highest BCUT2D eigenvalue weighted by molar-refractivity contribution is 5.38. The zero-order valence-electron chi connectivity index (χ0n) is 21.9. The van der Waals surface area contributed by atoms with Gasteiger partial charge in [-0.15, -0.1) is 0 Å². The lowest BCUT2D eigenvalue weighted by atomic mass is 9.43. The second kappa shape index (κ2) is 7.75. The Balaban J connectivity index is 1.65. The van der Waals surface area contributed by atoms with Crippen LogP contribution in [0.4, 0.5) is 0 Å². The van der Waals surface area contributed by atoms with Gasteiger partial charge in [0.2, 0.25) is 0 Å². The van der Waals surface area contributed by atoms with Gasteiger partial charge in [-0.25, -0.2) is 0 Å². The van der Waals surface area contributed by atoms with E-state index in [1.54, 1.807) is 0 Å². The van der Waals surface area contributed by atoms with E-state index in [1.807, 2.05) is 11.1 Å². The largest absolute Gasteiger partial charge is 0.393 e. The summed E-state index contributed by atoms with van der Waals surface area (Å²) in [6.07, 6.45) is 15.2. The van der Waals surface area contributed by atoms with Gasteiger partial charge in [0, 0.05) is 0 Å². The molecule has 0 radical (unpaired) electrons. The molecular formula is C30H50O. The van der Waals surface area contributed by atoms with Crippen molar-refractivity contribution in [3.63, 3.8) is 0 Å². The number of aliphatic hydroxyl groups is 1. The SMILES string of the molecule is CC(C)=CCC[C@@H](C)C1CC[C@@]2(C)C3=C(CC[C@]12C)[C@@]1(C)CCC(O)C(C)(C)C1CC3. The minimum Gasteiger partial charge on any atom is -0.393 e. The predicted octanol–water partition coefficient (Wildman–Crippen LogP) is 8.48. The number of rotatable bonds is 4. The topological polar surface area (TPSA) is 20.2 Å². The maximum absolute atomic E-state index is 10.8. The molecule has 1 N–H and O–H groups in total. The van der Waals surface area contributed by atoms with Crippen LogP contribution < -0.4 is 0 Å². The highest BCUT2D eigenvalue weighted by Gasteiger charge is 2.63. The van der Waals surface area contributed by atoms with E-state index in [-0.39, 0.29) is 11.5 Å². The summed E-state index contributed by atoms with van der Waals surface area (Å²) in [5.41, 5.74) is 6.41. The molecule has 0 aromatic carbocycles. The van der Waals surface area contributed by atoms with E-state index in [0.29, 0.717) is 22.2 Å². The van der Waals surface area contributed by atoms with E-state index in [0.717, 1.165) is 18.3 Å². The summed E-state index contributed by atoms with van der Waals surface area (Å²) >= 11 is 0. The van der Waals surface area contributed by atoms with Gasteiger partial charge >= 0.3 is 0 Å². The van der Waals surface area contributed by atoms with Crippen LogP contribution in [-0.2, 0) is 0 Å². The van der Waals surface area contributed by atoms with Crippen LogP contribution in [0, 0.1) is 39.4 Å². The Morgan fingerprint density at radius 3 is 2.35 bits per heavy atom. The number of hydrogen-bond acceptors (Lipinski definition) is 1. The van der Waals surface area contributed by atoms with Gasteiger partial charge in [-0.3, -0.25) is 0 Å². The summed E-state index contributed by atoms with van der Waals surface area (Å²) < 4.78 is 0. The molecule has 2 fully saturated rings. The van der Waals surface area contributed by atoms with Crippen molar-refractivity contribution in [1.29, 1.82) is 0 Å². The fourth-order valence-electron chi connectivity index (χ4n) is 9.47. The third-order valence-corrected chi connectivity index (χ3v) is 11.7. The van der Waals surface area contributed by atoms with Crippen LogP contribution in [0.15, 0.2) is 22.8 Å². The first-order chi connectivity index (χ1) is 14.4. The standard InChI is InChI=1S/C30H50O/c1-20(2)10-9-11-21(3)22-14-18-30(8)24-12-13-25-27(4,5)26(31)16-17-28(25,6)23(24)15-19-29(22,30)7/h10,21-22,25-26,31H,9,11-19H2,1-8H3/t21-,22?,25?,26?,28-,29-,30+/m1/s1. The molecule has 0 heterocycles. The summed E-state index contributed by atoms with van der Waals surface area (Å²) in [7, 11) is 0. The molecule has 4 aliphatic carbocycles. The molecule has 4 rings (SSSR count). The zero-order chi connectivity index (χ0) is 22.8. The molecule has 2 saturated carbocycles. The first-order valence-corrected chi connectivity index (χ1v) is 13.4. The van der Waals surface area contributed by atoms with Gasteiger partial charge in [0.15, 0.2) is 0 Å². The quantitative estimate of drug-likeness (QED) is 0.447. The number of fused-ring (bicyclic) bond motifs is 4. The first-order valence-electron chi connectivity index (χ1n) is 13.4. The summed E-state index contributed by atoms with van der Waals surface area (Å²) in [6, 6.07) is 0. The van der Waals surface area contributed by atoms with Gasteiger partial charge < -0.3 is 5.11 Å². The fourth-order valence-corrected chi connectivity index (χ4v) is 9.47. The Labute approximate surface area is 193 Å². The minimum atomic E-state index is -0.130. The monoisotopic (exact) mass is 426 g/mol. The van der Waals surface area contributed by atoms with Crippen molar-refractivity contribution in [2.24, 2.45) is 39.4 Å². The maximum atomic E-state index is 10.8. The van der Waals surface area contributed by atoms with Crippen molar-refractivity contribution in [3.8, 4) is 0 Å². The molecule has 0 saturated heterocycles. The molecule has 31 heavy (non-hydrogen) atoms. The average molecular weight is 427 g/mol. The van der Waals surface area contributed by atoms with E-state index in [2.05, 4.69) is 61.5 Å². The third kappa shape index (κ3) is 3.34. The third-order valence-electron chi connectivity index (χ3n) is 11.7. The molecule has 3 unspecified atom stereocenters. The molecule has 4 aliphatic rings. The van der Waals surface area contributed by atoms with Crippen molar-refractivity contribution in [1.82, 2.24) is 0 Å². The lowest BCUT2D eigenvalue weighted by Gasteiger charge is -2.62. The summed E-state index contributed by atoms with van der Waals surface area (Å²) in [5, 5.41) is 10.8. The molecule has 0 bridgehead atoms. The van der Waals surface area contributed by atoms with Gasteiger partial charge in [-0.1, -0.05) is 64.3 Å². The Kier molecular flexibility index (Phi) is 5.90. The van der Waals surface area contributed by atoms with Gasteiger partial charge in [-0.2, -0.15) is 0 Å². The van der Waals surface area contributed by atoms with E-state index in [4.69, 9.17) is 0 Å². The number of aliphatic hydroxyl groups excluding tert-OH is 1. The van der Waals surface area contributed by atoms with Crippen LogP contribution in [0.2, 0.25) is 0 Å². The smallest absolute Gasteiger partial charge is 0.0594 e. The fraction of sp³-hybridized carbons (Fsp3) is 0.867. The summed E-state index contributed by atoms with van der Waals surface area (Å²) in [4.78, 5) is 0. The molecule has 1 heteroatoms. The molecule has 0 aliphatic heterocycles. The molecule has 0 spiro atoms. The average Bonchev–Trinajstić information content (AvgIpc) is 2.96. The Hall–Kier alpha value is -0.560. The van der Waals surface area contributed by atoms with Gasteiger partial charge in [0.1, 0.15) is 0 Å². The van der Waals surface area contributed by atoms with Crippen molar-refractivity contribution in [2.75, 3.05) is 0 Å². The van der Waals surface area contributed by atoms with Crippen molar-refractivity contribution in [3.05, 3.63) is 22.8 Å². The van der Waals surface area contributed by atoms with Crippen LogP contribution in [-0.4, -0.2) is 11.2 Å². The van der Waals surface area contributed by atoms with E-state index >= 15 is 0 Å².